The van der Waals surface area contributed by atoms with Crippen molar-refractivity contribution >= 4 is 17.8 Å². The van der Waals surface area contributed by atoms with Gasteiger partial charge in [-0.2, -0.15) is 0 Å². The second-order valence-electron chi connectivity index (χ2n) is 17.2. The molecule has 0 aromatic carbocycles. The van der Waals surface area contributed by atoms with Crippen molar-refractivity contribution < 1.29 is 24.2 Å². The highest BCUT2D eigenvalue weighted by Gasteiger charge is 2.19. The molecule has 0 spiro atoms. The van der Waals surface area contributed by atoms with E-state index in [2.05, 4.69) is 43.5 Å². The fourth-order valence-electron chi connectivity index (χ4n) is 7.70. The van der Waals surface area contributed by atoms with Gasteiger partial charge in [-0.1, -0.05) is 212 Å². The molecule has 58 heavy (non-hydrogen) atoms. The molecule has 7 nitrogen and oxygen atoms in total. The number of allylic oxidation sites excluding steroid dienone is 3. The van der Waals surface area contributed by atoms with Crippen molar-refractivity contribution in [3.63, 3.8) is 0 Å². The zero-order valence-corrected chi connectivity index (χ0v) is 38.4. The number of unbranched alkanes of at least 4 members (excludes halogenated alkanes) is 30. The van der Waals surface area contributed by atoms with Crippen LogP contribution in [0.1, 0.15) is 264 Å². The molecule has 0 aliphatic heterocycles. The Bertz CT molecular complexity index is 967. The van der Waals surface area contributed by atoms with Gasteiger partial charge >= 0.3 is 11.9 Å². The van der Waals surface area contributed by atoms with Crippen LogP contribution in [0.4, 0.5) is 0 Å². The summed E-state index contributed by atoms with van der Waals surface area (Å²) in [7, 11) is 0. The largest absolute Gasteiger partial charge is 0.480 e. The van der Waals surface area contributed by atoms with Crippen LogP contribution in [0.3, 0.4) is 0 Å². The van der Waals surface area contributed by atoms with Gasteiger partial charge < -0.3 is 20.9 Å². The molecule has 0 radical (unpaired) electrons. The molecule has 0 saturated heterocycles. The summed E-state index contributed by atoms with van der Waals surface area (Å²) in [6.45, 7) is 4.93. The highest BCUT2D eigenvalue weighted by Crippen LogP contribution is 2.17. The van der Waals surface area contributed by atoms with E-state index in [0.29, 0.717) is 32.2 Å². The summed E-state index contributed by atoms with van der Waals surface area (Å²) >= 11 is 0. The van der Waals surface area contributed by atoms with Gasteiger partial charge in [-0.15, -0.1) is 0 Å². The number of esters is 1. The van der Waals surface area contributed by atoms with Crippen LogP contribution in [0.2, 0.25) is 0 Å². The fraction of sp³-hybridized carbons (Fsp3) is 0.863. The maximum Gasteiger partial charge on any atom is 0.326 e. The zero-order chi connectivity index (χ0) is 42.4. The number of aliphatic carboxylic acids is 1. The van der Waals surface area contributed by atoms with Gasteiger partial charge in [-0.25, -0.2) is 4.79 Å². The number of nitrogens with one attached hydrogen (secondary N) is 1. The molecule has 7 heteroatoms. The van der Waals surface area contributed by atoms with Gasteiger partial charge in [-0.3, -0.25) is 9.59 Å². The van der Waals surface area contributed by atoms with Crippen LogP contribution in [-0.4, -0.2) is 41.6 Å². The molecule has 340 valence electrons. The van der Waals surface area contributed by atoms with E-state index in [1.807, 2.05) is 0 Å². The van der Waals surface area contributed by atoms with Gasteiger partial charge in [0.25, 0.3) is 0 Å². The van der Waals surface area contributed by atoms with Crippen LogP contribution in [0.5, 0.6) is 0 Å². The van der Waals surface area contributed by atoms with E-state index in [1.54, 1.807) is 0 Å². The molecule has 2 atom stereocenters. The Labute approximate surface area is 359 Å². The topological polar surface area (TPSA) is 119 Å². The van der Waals surface area contributed by atoms with E-state index in [-0.39, 0.29) is 18.0 Å². The average molecular weight is 817 g/mol. The summed E-state index contributed by atoms with van der Waals surface area (Å²) in [4.78, 5) is 36.3. The molecule has 0 aliphatic carbocycles. The van der Waals surface area contributed by atoms with Crippen molar-refractivity contribution in [2.45, 2.75) is 276 Å². The minimum absolute atomic E-state index is 0.0697. The first-order chi connectivity index (χ1) is 28.4. The average Bonchev–Trinajstić information content (AvgIpc) is 3.21. The third-order valence-electron chi connectivity index (χ3n) is 11.5. The Morgan fingerprint density at radius 1 is 0.517 bits per heavy atom. The summed E-state index contributed by atoms with van der Waals surface area (Å²) in [6.07, 6.45) is 54.2. The quantitative estimate of drug-likeness (QED) is 0.0320. The van der Waals surface area contributed by atoms with E-state index in [4.69, 9.17) is 10.5 Å². The second kappa shape index (κ2) is 45.9. The Balaban J connectivity index is 4.05. The summed E-state index contributed by atoms with van der Waals surface area (Å²) in [5, 5.41) is 11.9. The first-order valence-corrected chi connectivity index (χ1v) is 25.2. The molecular weight excluding hydrogens is 721 g/mol. The molecule has 0 fully saturated rings. The van der Waals surface area contributed by atoms with E-state index in [1.165, 1.54) is 154 Å². The number of carboxylic acid groups (broad SMARTS) is 1. The molecule has 1 amide bonds. The molecule has 2 unspecified atom stereocenters. The maximum absolute atomic E-state index is 12.8. The van der Waals surface area contributed by atoms with E-state index in [9.17, 15) is 19.5 Å². The highest BCUT2D eigenvalue weighted by molar-refractivity contribution is 5.83. The first-order valence-electron chi connectivity index (χ1n) is 25.2. The number of carbonyl (C=O) groups excluding carboxylic acids is 2. The first kappa shape index (κ1) is 55.9. The summed E-state index contributed by atoms with van der Waals surface area (Å²) in [6, 6.07) is -0.855. The molecule has 0 aliphatic rings. The molecule has 4 N–H and O–H groups in total. The Morgan fingerprint density at radius 2 is 0.948 bits per heavy atom. The lowest BCUT2D eigenvalue weighted by Crippen LogP contribution is -2.40. The smallest absolute Gasteiger partial charge is 0.326 e. The van der Waals surface area contributed by atoms with Gasteiger partial charge in [0.15, 0.2) is 0 Å². The predicted octanol–water partition coefficient (Wildman–Crippen LogP) is 14.8. The summed E-state index contributed by atoms with van der Waals surface area (Å²) in [5.74, 6) is -1.27. The van der Waals surface area contributed by atoms with E-state index < -0.39 is 12.0 Å². The zero-order valence-electron chi connectivity index (χ0n) is 38.4. The number of carboxylic acids is 1. The standard InChI is InChI=1S/C51H96N2O5/c1-3-5-7-9-11-13-14-15-16-17-18-19-20-21-22-23-24-25-26-27-29-35-39-45-50(55)58-47(41-36-32-28-12-10-8-6-4-2)42-37-33-30-31-34-38-44-49(54)53-48(51(56)57)43-40-46-52/h12,28,36,41,47-48H,3-11,13-27,29-35,37-40,42-46,52H2,1-2H3,(H,53,54)(H,56,57)/b28-12-,41-36-. The number of hydrogen-bond donors (Lipinski definition) is 3. The summed E-state index contributed by atoms with van der Waals surface area (Å²) < 4.78 is 5.96. The molecule has 0 bridgehead atoms. The number of nitrogens with two attached hydrogens (primary N) is 1. The summed E-state index contributed by atoms with van der Waals surface area (Å²) in [5.41, 5.74) is 5.48. The van der Waals surface area contributed by atoms with E-state index >= 15 is 0 Å². The van der Waals surface area contributed by atoms with Crippen molar-refractivity contribution in [2.75, 3.05) is 6.54 Å². The fourth-order valence-corrected chi connectivity index (χ4v) is 7.70. The minimum atomic E-state index is -1.00. The molecule has 0 saturated carbocycles. The van der Waals surface area contributed by atoms with Crippen molar-refractivity contribution in [1.82, 2.24) is 5.32 Å². The monoisotopic (exact) mass is 817 g/mol. The normalized spacial score (nSPS) is 12.7. The van der Waals surface area contributed by atoms with Gasteiger partial charge in [-0.05, 0) is 70.4 Å². The maximum atomic E-state index is 12.8. The SMILES string of the molecule is CCCCC/C=C\C/C=C\C(CCCCCCCCC(=O)NC(CCCN)C(=O)O)OC(=O)CCCCCCCCCCCCCCCCCCCCCCCCC. The van der Waals surface area contributed by atoms with Crippen LogP contribution in [0, 0.1) is 0 Å². The van der Waals surface area contributed by atoms with Gasteiger partial charge in [0.2, 0.25) is 5.91 Å². The van der Waals surface area contributed by atoms with Crippen molar-refractivity contribution in [3.8, 4) is 0 Å². The van der Waals surface area contributed by atoms with Crippen LogP contribution in [0.15, 0.2) is 24.3 Å². The third-order valence-corrected chi connectivity index (χ3v) is 11.5. The Kier molecular flexibility index (Phi) is 44.2. The molecule has 0 rings (SSSR count). The molecule has 0 aromatic heterocycles. The Hall–Kier alpha value is -2.15. The lowest BCUT2D eigenvalue weighted by Gasteiger charge is -2.15. The van der Waals surface area contributed by atoms with Crippen LogP contribution >= 0.6 is 0 Å². The third kappa shape index (κ3) is 42.0. The molecular formula is C51H96N2O5. The van der Waals surface area contributed by atoms with Crippen molar-refractivity contribution in [2.24, 2.45) is 5.73 Å². The van der Waals surface area contributed by atoms with Crippen molar-refractivity contribution in [1.29, 1.82) is 0 Å². The van der Waals surface area contributed by atoms with Gasteiger partial charge in [0.05, 0.1) is 0 Å². The van der Waals surface area contributed by atoms with Crippen LogP contribution in [-0.2, 0) is 19.1 Å². The molecule has 0 aromatic rings. The van der Waals surface area contributed by atoms with Crippen LogP contribution < -0.4 is 11.1 Å². The van der Waals surface area contributed by atoms with Gasteiger partial charge in [0, 0.05) is 12.8 Å². The Morgan fingerprint density at radius 3 is 1.41 bits per heavy atom. The molecule has 0 heterocycles. The van der Waals surface area contributed by atoms with Crippen molar-refractivity contribution in [3.05, 3.63) is 24.3 Å². The van der Waals surface area contributed by atoms with E-state index in [0.717, 1.165) is 70.6 Å². The lowest BCUT2D eigenvalue weighted by molar-refractivity contribution is -0.147. The van der Waals surface area contributed by atoms with Gasteiger partial charge in [0.1, 0.15) is 12.1 Å². The number of carbonyl (C=O) groups is 3. The number of rotatable bonds is 46. The highest BCUT2D eigenvalue weighted by atomic mass is 16.5. The number of hydrogen-bond acceptors (Lipinski definition) is 5. The van der Waals surface area contributed by atoms with Crippen LogP contribution in [0.25, 0.3) is 0 Å². The predicted molar refractivity (Wildman–Crippen MR) is 248 cm³/mol. The number of ether oxygens (including phenoxy) is 1. The second-order valence-corrected chi connectivity index (χ2v) is 17.2. The number of amides is 1. The lowest BCUT2D eigenvalue weighted by atomic mass is 10.0. The minimum Gasteiger partial charge on any atom is -0.480 e.